The molecule has 0 saturated heterocycles. The van der Waals surface area contributed by atoms with Crippen molar-refractivity contribution in [3.63, 3.8) is 0 Å². The van der Waals surface area contributed by atoms with Gasteiger partial charge in [0.2, 0.25) is 0 Å². The average molecular weight is 286 g/mol. The number of hydrogen-bond acceptors (Lipinski definition) is 4. The van der Waals surface area contributed by atoms with Crippen LogP contribution in [0.4, 0.5) is 0 Å². The van der Waals surface area contributed by atoms with Gasteiger partial charge in [-0.05, 0) is 29.1 Å². The third-order valence-corrected chi connectivity index (χ3v) is 3.96. The van der Waals surface area contributed by atoms with Gasteiger partial charge in [0.1, 0.15) is 4.88 Å². The molecule has 3 aromatic rings. The maximum absolute atomic E-state index is 12.3. The summed E-state index contributed by atoms with van der Waals surface area (Å²) in [5.74, 6) is -0.975. The maximum atomic E-state index is 12.3. The van der Waals surface area contributed by atoms with Crippen molar-refractivity contribution in [3.05, 3.63) is 62.8 Å². The molecule has 2 aromatic heterocycles. The molecule has 1 N–H and O–H groups in total. The Morgan fingerprint density at radius 3 is 2.90 bits per heavy atom. The molecule has 0 aliphatic heterocycles. The molecule has 2 heterocycles. The Kier molecular flexibility index (Phi) is 3.08. The quantitative estimate of drug-likeness (QED) is 0.801. The minimum atomic E-state index is -0.975. The monoisotopic (exact) mass is 286 g/mol. The molecule has 0 radical (unpaired) electrons. The molecule has 20 heavy (non-hydrogen) atoms. The van der Waals surface area contributed by atoms with Crippen LogP contribution in [-0.4, -0.2) is 20.6 Å². The molecule has 6 heteroatoms. The highest BCUT2D eigenvalue weighted by molar-refractivity contribution is 7.12. The van der Waals surface area contributed by atoms with Gasteiger partial charge >= 0.3 is 5.97 Å². The van der Waals surface area contributed by atoms with Crippen LogP contribution in [0.5, 0.6) is 0 Å². The molecule has 100 valence electrons. The molecule has 0 spiro atoms. The first-order valence-electron chi connectivity index (χ1n) is 5.90. The standard InChI is InChI=1S/C14H10N2O3S/c17-13-10-3-1-2-4-11(10)15-8-16(13)7-9-5-6-20-12(9)14(18)19/h1-6,8H,7H2,(H,18,19). The summed E-state index contributed by atoms with van der Waals surface area (Å²) >= 11 is 1.15. The number of carbonyl (C=O) groups is 1. The fourth-order valence-electron chi connectivity index (χ4n) is 2.05. The Balaban J connectivity index is 2.07. The molecule has 0 fully saturated rings. The Bertz CT molecular complexity index is 851. The van der Waals surface area contributed by atoms with Crippen molar-refractivity contribution in [3.8, 4) is 0 Å². The Labute approximate surface area is 117 Å². The van der Waals surface area contributed by atoms with E-state index in [1.807, 2.05) is 6.07 Å². The SMILES string of the molecule is O=C(O)c1sccc1Cn1cnc2ccccc2c1=O. The number of aromatic nitrogens is 2. The lowest BCUT2D eigenvalue weighted by Crippen LogP contribution is -2.21. The minimum absolute atomic E-state index is 0.168. The van der Waals surface area contributed by atoms with E-state index in [1.165, 1.54) is 10.9 Å². The molecular weight excluding hydrogens is 276 g/mol. The van der Waals surface area contributed by atoms with E-state index in [9.17, 15) is 9.59 Å². The van der Waals surface area contributed by atoms with Gasteiger partial charge in [-0.25, -0.2) is 9.78 Å². The van der Waals surface area contributed by atoms with Crippen LogP contribution in [0.3, 0.4) is 0 Å². The zero-order valence-corrected chi connectivity index (χ0v) is 11.1. The summed E-state index contributed by atoms with van der Waals surface area (Å²) < 4.78 is 1.43. The Morgan fingerprint density at radius 1 is 1.30 bits per heavy atom. The van der Waals surface area contributed by atoms with Crippen LogP contribution < -0.4 is 5.56 Å². The van der Waals surface area contributed by atoms with Crippen molar-refractivity contribution >= 4 is 28.2 Å². The fraction of sp³-hybridized carbons (Fsp3) is 0.0714. The first-order chi connectivity index (χ1) is 9.66. The van der Waals surface area contributed by atoms with E-state index in [1.54, 1.807) is 29.6 Å². The second-order valence-electron chi connectivity index (χ2n) is 4.27. The number of carboxylic acids is 1. The second kappa shape index (κ2) is 4.90. The van der Waals surface area contributed by atoms with Gasteiger partial charge in [-0.2, -0.15) is 0 Å². The zero-order valence-electron chi connectivity index (χ0n) is 10.3. The number of aromatic carboxylic acids is 1. The fourth-order valence-corrected chi connectivity index (χ4v) is 2.80. The van der Waals surface area contributed by atoms with Crippen LogP contribution >= 0.6 is 11.3 Å². The van der Waals surface area contributed by atoms with E-state index in [-0.39, 0.29) is 17.0 Å². The topological polar surface area (TPSA) is 72.2 Å². The van der Waals surface area contributed by atoms with Crippen molar-refractivity contribution in [1.82, 2.24) is 9.55 Å². The summed E-state index contributed by atoms with van der Waals surface area (Å²) in [6.07, 6.45) is 1.45. The second-order valence-corrected chi connectivity index (χ2v) is 5.19. The van der Waals surface area contributed by atoms with Gasteiger partial charge in [-0.15, -0.1) is 11.3 Å². The number of nitrogens with zero attached hydrogens (tertiary/aromatic N) is 2. The number of rotatable bonds is 3. The van der Waals surface area contributed by atoms with Crippen molar-refractivity contribution in [2.24, 2.45) is 0 Å². The van der Waals surface area contributed by atoms with Crippen molar-refractivity contribution < 1.29 is 9.90 Å². The van der Waals surface area contributed by atoms with Gasteiger partial charge in [0.25, 0.3) is 5.56 Å². The van der Waals surface area contributed by atoms with E-state index in [0.717, 1.165) is 11.3 Å². The van der Waals surface area contributed by atoms with Crippen molar-refractivity contribution in [1.29, 1.82) is 0 Å². The average Bonchev–Trinajstić information content (AvgIpc) is 2.91. The molecule has 0 atom stereocenters. The molecule has 0 amide bonds. The van der Waals surface area contributed by atoms with E-state index in [2.05, 4.69) is 4.98 Å². The van der Waals surface area contributed by atoms with Gasteiger partial charge in [0, 0.05) is 0 Å². The van der Waals surface area contributed by atoms with Gasteiger partial charge in [0.15, 0.2) is 0 Å². The molecule has 3 rings (SSSR count). The number of hydrogen-bond donors (Lipinski definition) is 1. The van der Waals surface area contributed by atoms with Crippen LogP contribution in [0, 0.1) is 0 Å². The number of benzene rings is 1. The lowest BCUT2D eigenvalue weighted by atomic mass is 10.2. The van der Waals surface area contributed by atoms with Crippen LogP contribution in [0.25, 0.3) is 10.9 Å². The summed E-state index contributed by atoms with van der Waals surface area (Å²) in [7, 11) is 0. The minimum Gasteiger partial charge on any atom is -0.477 e. The summed E-state index contributed by atoms with van der Waals surface area (Å²) in [5.41, 5.74) is 1.08. The summed E-state index contributed by atoms with van der Waals surface area (Å²) in [4.78, 5) is 27.9. The van der Waals surface area contributed by atoms with Crippen molar-refractivity contribution in [2.45, 2.75) is 6.54 Å². The largest absolute Gasteiger partial charge is 0.477 e. The normalized spacial score (nSPS) is 10.8. The van der Waals surface area contributed by atoms with E-state index in [4.69, 9.17) is 5.11 Å². The molecule has 0 bridgehead atoms. The van der Waals surface area contributed by atoms with Gasteiger partial charge in [0.05, 0.1) is 23.8 Å². The molecular formula is C14H10N2O3S. The van der Waals surface area contributed by atoms with Gasteiger partial charge in [-0.3, -0.25) is 9.36 Å². The van der Waals surface area contributed by atoms with E-state index in [0.29, 0.717) is 16.5 Å². The van der Waals surface area contributed by atoms with E-state index < -0.39 is 5.97 Å². The predicted octanol–water partition coefficient (Wildman–Crippen LogP) is 2.20. The Morgan fingerprint density at radius 2 is 2.10 bits per heavy atom. The number of fused-ring (bicyclic) bond motifs is 1. The Hall–Kier alpha value is -2.47. The molecule has 5 nitrogen and oxygen atoms in total. The zero-order chi connectivity index (χ0) is 14.1. The molecule has 0 unspecified atom stereocenters. The highest BCUT2D eigenvalue weighted by Gasteiger charge is 2.13. The highest BCUT2D eigenvalue weighted by atomic mass is 32.1. The van der Waals surface area contributed by atoms with Crippen LogP contribution in [-0.2, 0) is 6.54 Å². The first-order valence-corrected chi connectivity index (χ1v) is 6.78. The van der Waals surface area contributed by atoms with Crippen LogP contribution in [0.2, 0.25) is 0 Å². The lowest BCUT2D eigenvalue weighted by Gasteiger charge is -2.06. The van der Waals surface area contributed by atoms with Crippen molar-refractivity contribution in [2.75, 3.05) is 0 Å². The smallest absolute Gasteiger partial charge is 0.346 e. The van der Waals surface area contributed by atoms with Gasteiger partial charge < -0.3 is 5.11 Å². The molecule has 0 saturated carbocycles. The van der Waals surface area contributed by atoms with Crippen LogP contribution in [0.15, 0.2) is 46.8 Å². The number of carboxylic acid groups (broad SMARTS) is 1. The number of thiophene rings is 1. The lowest BCUT2D eigenvalue weighted by molar-refractivity contribution is 0.0701. The third-order valence-electron chi connectivity index (χ3n) is 3.01. The van der Waals surface area contributed by atoms with E-state index >= 15 is 0 Å². The predicted molar refractivity (Wildman–Crippen MR) is 76.4 cm³/mol. The molecule has 1 aromatic carbocycles. The third kappa shape index (κ3) is 2.10. The molecule has 0 aliphatic rings. The maximum Gasteiger partial charge on any atom is 0.346 e. The van der Waals surface area contributed by atoms with Crippen LogP contribution in [0.1, 0.15) is 15.2 Å². The summed E-state index contributed by atoms with van der Waals surface area (Å²) in [6, 6.07) is 8.81. The highest BCUT2D eigenvalue weighted by Crippen LogP contribution is 2.17. The van der Waals surface area contributed by atoms with Gasteiger partial charge in [-0.1, -0.05) is 12.1 Å². The first kappa shape index (κ1) is 12.6. The molecule has 0 aliphatic carbocycles. The summed E-state index contributed by atoms with van der Waals surface area (Å²) in [5, 5.41) is 11.3. The number of para-hydroxylation sites is 1. The summed E-state index contributed by atoms with van der Waals surface area (Å²) in [6.45, 7) is 0.210.